The second-order valence-corrected chi connectivity index (χ2v) is 5.73. The van der Waals surface area contributed by atoms with Gasteiger partial charge < -0.3 is 0 Å². The lowest BCUT2D eigenvalue weighted by molar-refractivity contribution is 0.525. The van der Waals surface area contributed by atoms with Crippen LogP contribution in [0.1, 0.15) is 30.7 Å². The van der Waals surface area contributed by atoms with E-state index in [2.05, 4.69) is 21.0 Å². The van der Waals surface area contributed by atoms with E-state index in [1.165, 1.54) is 25.0 Å². The Morgan fingerprint density at radius 3 is 2.73 bits per heavy atom. The number of alkyl halides is 1. The monoisotopic (exact) mass is 290 g/mol. The molecular weight excluding hydrogens is 275 g/mol. The molecule has 0 saturated heterocycles. The number of nitrogens with zero attached hydrogens (tertiary/aromatic N) is 2. The van der Waals surface area contributed by atoms with E-state index in [9.17, 15) is 0 Å². The van der Waals surface area contributed by atoms with Crippen molar-refractivity contribution in [3.05, 3.63) is 15.9 Å². The molecule has 4 heteroatoms. The highest BCUT2D eigenvalue weighted by atomic mass is 79.9. The Morgan fingerprint density at radius 2 is 2.27 bits per heavy atom. The normalized spacial score (nSPS) is 26.1. The fourth-order valence-electron chi connectivity index (χ4n) is 2.37. The lowest BCUT2D eigenvalue weighted by atomic mass is 10.0. The van der Waals surface area contributed by atoms with Crippen LogP contribution in [0.15, 0.2) is 4.47 Å². The highest BCUT2D eigenvalue weighted by molar-refractivity contribution is 9.10. The van der Waals surface area contributed by atoms with Gasteiger partial charge in [-0.05, 0) is 48.0 Å². The molecule has 1 fully saturated rings. The molecule has 0 aromatic carbocycles. The molecule has 1 aromatic heterocycles. The Bertz CT molecular complexity index is 362. The summed E-state index contributed by atoms with van der Waals surface area (Å²) in [5, 5.41) is 4.76. The summed E-state index contributed by atoms with van der Waals surface area (Å²) in [6.07, 6.45) is 4.74. The fourth-order valence-corrected chi connectivity index (χ4v) is 3.24. The Labute approximate surface area is 104 Å². The second-order valence-electron chi connectivity index (χ2n) is 4.38. The number of aryl methyl sites for hydroxylation is 2. The van der Waals surface area contributed by atoms with E-state index in [0.29, 0.717) is 11.3 Å². The van der Waals surface area contributed by atoms with Crippen LogP contribution in [0.3, 0.4) is 0 Å². The average molecular weight is 292 g/mol. The van der Waals surface area contributed by atoms with E-state index in [0.717, 1.165) is 16.6 Å². The van der Waals surface area contributed by atoms with Crippen LogP contribution in [0.4, 0.5) is 0 Å². The maximum Gasteiger partial charge on any atom is 0.0738 e. The first-order chi connectivity index (χ1) is 7.09. The second kappa shape index (κ2) is 4.46. The molecule has 2 unspecified atom stereocenters. The predicted molar refractivity (Wildman–Crippen MR) is 66.3 cm³/mol. The maximum absolute atomic E-state index is 6.29. The molecular formula is C11H16BrClN2. The summed E-state index contributed by atoms with van der Waals surface area (Å²) < 4.78 is 3.13. The lowest BCUT2D eigenvalue weighted by Gasteiger charge is -2.13. The average Bonchev–Trinajstić information content (AvgIpc) is 2.67. The van der Waals surface area contributed by atoms with Gasteiger partial charge in [0.05, 0.1) is 15.9 Å². The van der Waals surface area contributed by atoms with E-state index in [1.54, 1.807) is 0 Å². The molecule has 1 saturated carbocycles. The zero-order valence-electron chi connectivity index (χ0n) is 9.13. The Balaban J connectivity index is 2.16. The third-order valence-corrected chi connectivity index (χ3v) is 4.89. The summed E-state index contributed by atoms with van der Waals surface area (Å²) in [5.41, 5.74) is 2.35. The SMILES string of the molecule is Cc1nn(C)c(CC2CCCC2Cl)c1Br. The van der Waals surface area contributed by atoms with Gasteiger partial charge in [-0.2, -0.15) is 5.10 Å². The van der Waals surface area contributed by atoms with Crippen LogP contribution in [-0.2, 0) is 13.5 Å². The van der Waals surface area contributed by atoms with Crippen molar-refractivity contribution >= 4 is 27.5 Å². The summed E-state index contributed by atoms with van der Waals surface area (Å²) in [4.78, 5) is 0. The Hall–Kier alpha value is -0.0200. The zero-order valence-corrected chi connectivity index (χ0v) is 11.5. The molecule has 2 rings (SSSR count). The van der Waals surface area contributed by atoms with Crippen LogP contribution < -0.4 is 0 Å². The largest absolute Gasteiger partial charge is 0.271 e. The van der Waals surface area contributed by atoms with Crippen LogP contribution in [0, 0.1) is 12.8 Å². The molecule has 2 nitrogen and oxygen atoms in total. The van der Waals surface area contributed by atoms with E-state index >= 15 is 0 Å². The molecule has 1 aliphatic rings. The standard InChI is InChI=1S/C11H16BrClN2/c1-7-11(12)10(15(2)14-7)6-8-4-3-5-9(8)13/h8-9H,3-6H2,1-2H3. The Morgan fingerprint density at radius 1 is 1.53 bits per heavy atom. The highest BCUT2D eigenvalue weighted by Crippen LogP contribution is 2.34. The van der Waals surface area contributed by atoms with E-state index in [4.69, 9.17) is 11.6 Å². The van der Waals surface area contributed by atoms with Crippen molar-refractivity contribution in [3.63, 3.8) is 0 Å². The van der Waals surface area contributed by atoms with Gasteiger partial charge in [-0.15, -0.1) is 11.6 Å². The summed E-state index contributed by atoms with van der Waals surface area (Å²) in [5.74, 6) is 0.623. The van der Waals surface area contributed by atoms with Gasteiger partial charge >= 0.3 is 0 Å². The van der Waals surface area contributed by atoms with Gasteiger partial charge in [-0.25, -0.2) is 0 Å². The van der Waals surface area contributed by atoms with Crippen LogP contribution in [0.5, 0.6) is 0 Å². The zero-order chi connectivity index (χ0) is 11.0. The van der Waals surface area contributed by atoms with Gasteiger partial charge in [0.25, 0.3) is 0 Å². The van der Waals surface area contributed by atoms with Crippen LogP contribution in [-0.4, -0.2) is 15.2 Å². The third kappa shape index (κ3) is 2.23. The summed E-state index contributed by atoms with van der Waals surface area (Å²) in [6, 6.07) is 0. The minimum atomic E-state index is 0.354. The predicted octanol–water partition coefficient (Wildman–Crippen LogP) is 3.44. The molecule has 0 aliphatic heterocycles. The van der Waals surface area contributed by atoms with Gasteiger partial charge in [0, 0.05) is 12.4 Å². The number of rotatable bonds is 2. The minimum Gasteiger partial charge on any atom is -0.271 e. The molecule has 0 N–H and O–H groups in total. The quantitative estimate of drug-likeness (QED) is 0.763. The third-order valence-electron chi connectivity index (χ3n) is 3.28. The first kappa shape index (κ1) is 11.5. The number of aromatic nitrogens is 2. The topological polar surface area (TPSA) is 17.8 Å². The fraction of sp³-hybridized carbons (Fsp3) is 0.727. The number of hydrogen-bond acceptors (Lipinski definition) is 1. The van der Waals surface area contributed by atoms with Crippen LogP contribution in [0.2, 0.25) is 0 Å². The molecule has 0 amide bonds. The number of halogens is 2. The molecule has 1 heterocycles. The van der Waals surface area contributed by atoms with Crippen molar-refractivity contribution in [2.75, 3.05) is 0 Å². The molecule has 84 valence electrons. The molecule has 15 heavy (non-hydrogen) atoms. The van der Waals surface area contributed by atoms with Crippen molar-refractivity contribution in [2.45, 2.75) is 38.0 Å². The first-order valence-electron chi connectivity index (χ1n) is 5.41. The van der Waals surface area contributed by atoms with Gasteiger partial charge in [0.1, 0.15) is 0 Å². The summed E-state index contributed by atoms with van der Waals surface area (Å²) in [7, 11) is 2.01. The first-order valence-corrected chi connectivity index (χ1v) is 6.64. The van der Waals surface area contributed by atoms with Crippen molar-refractivity contribution in [1.82, 2.24) is 9.78 Å². The van der Waals surface area contributed by atoms with Gasteiger partial charge in [0.15, 0.2) is 0 Å². The minimum absolute atomic E-state index is 0.354. The van der Waals surface area contributed by atoms with Crippen molar-refractivity contribution in [1.29, 1.82) is 0 Å². The van der Waals surface area contributed by atoms with E-state index < -0.39 is 0 Å². The van der Waals surface area contributed by atoms with Crippen LogP contribution in [0.25, 0.3) is 0 Å². The number of hydrogen-bond donors (Lipinski definition) is 0. The Kier molecular flexibility index (Phi) is 3.41. The van der Waals surface area contributed by atoms with Gasteiger partial charge in [-0.1, -0.05) is 6.42 Å². The van der Waals surface area contributed by atoms with Gasteiger partial charge in [-0.3, -0.25) is 4.68 Å². The summed E-state index contributed by atoms with van der Waals surface area (Å²) in [6.45, 7) is 2.03. The molecule has 1 aromatic rings. The molecule has 2 atom stereocenters. The lowest BCUT2D eigenvalue weighted by Crippen LogP contribution is -2.13. The van der Waals surface area contributed by atoms with E-state index in [1.807, 2.05) is 18.7 Å². The smallest absolute Gasteiger partial charge is 0.0738 e. The van der Waals surface area contributed by atoms with Crippen LogP contribution >= 0.6 is 27.5 Å². The van der Waals surface area contributed by atoms with Gasteiger partial charge in [0.2, 0.25) is 0 Å². The van der Waals surface area contributed by atoms with E-state index in [-0.39, 0.29) is 0 Å². The van der Waals surface area contributed by atoms with Crippen molar-refractivity contribution in [3.8, 4) is 0 Å². The van der Waals surface area contributed by atoms with Crippen molar-refractivity contribution < 1.29 is 0 Å². The molecule has 0 bridgehead atoms. The van der Waals surface area contributed by atoms with Crippen molar-refractivity contribution in [2.24, 2.45) is 13.0 Å². The highest BCUT2D eigenvalue weighted by Gasteiger charge is 2.27. The maximum atomic E-state index is 6.29. The summed E-state index contributed by atoms with van der Waals surface area (Å²) >= 11 is 9.90. The molecule has 0 radical (unpaired) electrons. The molecule has 0 spiro atoms. The molecule has 1 aliphatic carbocycles.